The number of aromatic nitrogens is 5. The summed E-state index contributed by atoms with van der Waals surface area (Å²) in [6, 6.07) is 10.7. The summed E-state index contributed by atoms with van der Waals surface area (Å²) in [7, 11) is 5.88. The van der Waals surface area contributed by atoms with Crippen molar-refractivity contribution >= 4 is 16.5 Å². The second kappa shape index (κ2) is 7.28. The number of hydrogen-bond donors (Lipinski definition) is 2. The van der Waals surface area contributed by atoms with Crippen LogP contribution < -0.4 is 10.9 Å². The van der Waals surface area contributed by atoms with Crippen LogP contribution in [0.3, 0.4) is 0 Å². The van der Waals surface area contributed by atoms with E-state index in [-0.39, 0.29) is 17.3 Å². The molecule has 0 aliphatic carbocycles. The van der Waals surface area contributed by atoms with Gasteiger partial charge in [0.25, 0.3) is 5.56 Å². The van der Waals surface area contributed by atoms with Crippen LogP contribution in [0.2, 0.25) is 0 Å². The second-order valence-electron chi connectivity index (χ2n) is 8.13. The van der Waals surface area contributed by atoms with Crippen molar-refractivity contribution in [1.82, 2.24) is 29.9 Å². The molecule has 0 unspecified atom stereocenters. The molecule has 0 fully saturated rings. The lowest BCUT2D eigenvalue weighted by atomic mass is 9.83. The van der Waals surface area contributed by atoms with E-state index in [1.165, 1.54) is 24.0 Å². The van der Waals surface area contributed by atoms with Crippen LogP contribution in [0, 0.1) is 5.82 Å². The Kier molecular flexibility index (Phi) is 4.55. The van der Waals surface area contributed by atoms with E-state index < -0.39 is 11.4 Å². The highest BCUT2D eigenvalue weighted by Gasteiger charge is 2.37. The maximum absolute atomic E-state index is 14.3. The first-order valence-corrected chi connectivity index (χ1v) is 9.98. The van der Waals surface area contributed by atoms with Crippen molar-refractivity contribution in [1.29, 1.82) is 0 Å². The van der Waals surface area contributed by atoms with E-state index in [1.807, 2.05) is 21.1 Å². The van der Waals surface area contributed by atoms with Gasteiger partial charge in [-0.25, -0.2) is 14.5 Å². The minimum atomic E-state index is -0.477. The SMILES string of the molecule is CN(C)Cc1ccc([C@@H]2Nc3cc(F)cc4c(=O)[nH]nc(c34)[C@@H]2c2ncnn2C)cc1. The lowest BCUT2D eigenvalue weighted by Gasteiger charge is -2.33. The fraction of sp³-hybridized carbons (Fsp3) is 0.273. The first-order chi connectivity index (χ1) is 14.9. The van der Waals surface area contributed by atoms with Crippen molar-refractivity contribution < 1.29 is 4.39 Å². The lowest BCUT2D eigenvalue weighted by Crippen LogP contribution is -2.30. The van der Waals surface area contributed by atoms with Crippen molar-refractivity contribution in [2.24, 2.45) is 7.05 Å². The third-order valence-corrected chi connectivity index (χ3v) is 5.68. The van der Waals surface area contributed by atoms with E-state index in [0.717, 1.165) is 12.1 Å². The Morgan fingerprint density at radius 1 is 1.19 bits per heavy atom. The molecule has 158 valence electrons. The van der Waals surface area contributed by atoms with E-state index in [1.54, 1.807) is 4.68 Å². The predicted molar refractivity (Wildman–Crippen MR) is 115 cm³/mol. The molecule has 0 saturated carbocycles. The highest BCUT2D eigenvalue weighted by Crippen LogP contribution is 2.45. The quantitative estimate of drug-likeness (QED) is 0.528. The summed E-state index contributed by atoms with van der Waals surface area (Å²) in [5.41, 5.74) is 2.96. The number of nitrogens with zero attached hydrogens (tertiary/aromatic N) is 5. The molecule has 3 heterocycles. The molecule has 9 heteroatoms. The molecule has 1 aliphatic rings. The van der Waals surface area contributed by atoms with Crippen LogP contribution in [0.15, 0.2) is 47.5 Å². The number of aryl methyl sites for hydroxylation is 1. The summed E-state index contributed by atoms with van der Waals surface area (Å²) in [5.74, 6) is -0.106. The maximum atomic E-state index is 14.3. The summed E-state index contributed by atoms with van der Waals surface area (Å²) in [6.45, 7) is 0.835. The van der Waals surface area contributed by atoms with Crippen molar-refractivity contribution in [3.63, 3.8) is 0 Å². The molecular weight excluding hydrogens is 397 g/mol. The van der Waals surface area contributed by atoms with E-state index in [2.05, 4.69) is 54.8 Å². The third-order valence-electron chi connectivity index (χ3n) is 5.68. The van der Waals surface area contributed by atoms with E-state index in [0.29, 0.717) is 22.6 Å². The van der Waals surface area contributed by atoms with Crippen molar-refractivity contribution in [3.8, 4) is 0 Å². The number of hydrogen-bond acceptors (Lipinski definition) is 6. The molecule has 2 N–H and O–H groups in total. The minimum Gasteiger partial charge on any atom is -0.376 e. The fourth-order valence-corrected chi connectivity index (χ4v) is 4.37. The molecular formula is C22H22FN7O. The monoisotopic (exact) mass is 419 g/mol. The van der Waals surface area contributed by atoms with Crippen LogP contribution in [-0.4, -0.2) is 44.0 Å². The molecule has 31 heavy (non-hydrogen) atoms. The molecule has 1 aliphatic heterocycles. The lowest BCUT2D eigenvalue weighted by molar-refractivity contribution is 0.402. The Balaban J connectivity index is 1.71. The largest absolute Gasteiger partial charge is 0.376 e. The molecule has 4 aromatic rings. The van der Waals surface area contributed by atoms with Crippen molar-refractivity contribution in [3.05, 3.63) is 81.5 Å². The zero-order valence-corrected chi connectivity index (χ0v) is 17.4. The topological polar surface area (TPSA) is 91.7 Å². The number of benzene rings is 2. The summed E-state index contributed by atoms with van der Waals surface area (Å²) in [6.07, 6.45) is 1.50. The van der Waals surface area contributed by atoms with Gasteiger partial charge in [0.1, 0.15) is 18.0 Å². The van der Waals surface area contributed by atoms with Gasteiger partial charge >= 0.3 is 0 Å². The van der Waals surface area contributed by atoms with Gasteiger partial charge in [0.15, 0.2) is 0 Å². The maximum Gasteiger partial charge on any atom is 0.272 e. The number of aromatic amines is 1. The van der Waals surface area contributed by atoms with Gasteiger partial charge in [-0.2, -0.15) is 10.2 Å². The van der Waals surface area contributed by atoms with Gasteiger partial charge in [0.05, 0.1) is 23.0 Å². The molecule has 0 spiro atoms. The Morgan fingerprint density at radius 2 is 1.97 bits per heavy atom. The minimum absolute atomic E-state index is 0.263. The predicted octanol–water partition coefficient (Wildman–Crippen LogP) is 2.55. The van der Waals surface area contributed by atoms with Crippen LogP contribution in [0.25, 0.3) is 10.8 Å². The van der Waals surface area contributed by atoms with Gasteiger partial charge in [-0.05, 0) is 37.4 Å². The third kappa shape index (κ3) is 3.27. The van der Waals surface area contributed by atoms with Crippen LogP contribution in [-0.2, 0) is 13.6 Å². The van der Waals surface area contributed by atoms with E-state index in [4.69, 9.17) is 0 Å². The Hall–Kier alpha value is -3.59. The first-order valence-electron chi connectivity index (χ1n) is 9.98. The number of H-pyrrole nitrogens is 1. The number of anilines is 1. The Labute approximate surface area is 177 Å². The second-order valence-corrected chi connectivity index (χ2v) is 8.13. The first kappa shape index (κ1) is 19.4. The Morgan fingerprint density at radius 3 is 2.65 bits per heavy atom. The fourth-order valence-electron chi connectivity index (χ4n) is 4.37. The average molecular weight is 419 g/mol. The highest BCUT2D eigenvalue weighted by atomic mass is 19.1. The van der Waals surface area contributed by atoms with Gasteiger partial charge in [-0.15, -0.1) is 0 Å². The molecule has 0 amide bonds. The van der Waals surface area contributed by atoms with Gasteiger partial charge in [0.2, 0.25) is 0 Å². The van der Waals surface area contributed by atoms with Crippen molar-refractivity contribution in [2.75, 3.05) is 19.4 Å². The summed E-state index contributed by atoms with van der Waals surface area (Å²) in [5, 5.41) is 15.5. The highest BCUT2D eigenvalue weighted by molar-refractivity contribution is 5.97. The molecule has 2 aromatic carbocycles. The Bertz CT molecular complexity index is 1330. The van der Waals surface area contributed by atoms with Gasteiger partial charge in [0, 0.05) is 24.7 Å². The molecule has 0 bridgehead atoms. The molecule has 0 radical (unpaired) electrons. The summed E-state index contributed by atoms with van der Waals surface area (Å²) >= 11 is 0. The van der Waals surface area contributed by atoms with Gasteiger partial charge in [-0.3, -0.25) is 9.48 Å². The normalized spacial score (nSPS) is 17.8. The number of rotatable bonds is 4. The molecule has 2 aromatic heterocycles. The molecule has 0 saturated heterocycles. The van der Waals surface area contributed by atoms with Crippen LogP contribution in [0.4, 0.5) is 10.1 Å². The van der Waals surface area contributed by atoms with E-state index >= 15 is 0 Å². The average Bonchev–Trinajstić information content (AvgIpc) is 3.15. The molecule has 8 nitrogen and oxygen atoms in total. The van der Waals surface area contributed by atoms with Crippen LogP contribution >= 0.6 is 0 Å². The standard InChI is InChI=1S/C22H22FN7O/c1-29(2)10-12-4-6-13(7-5-12)19-18(21-24-11-25-30(21)3)20-17-15(22(31)28-27-20)8-14(23)9-16(17)26-19/h4-9,11,18-19,26H,10H2,1-3H3,(H,28,31)/t18-,19+/m1/s1. The van der Waals surface area contributed by atoms with Gasteiger partial charge in [-0.1, -0.05) is 24.3 Å². The smallest absolute Gasteiger partial charge is 0.272 e. The van der Waals surface area contributed by atoms with Crippen molar-refractivity contribution in [2.45, 2.75) is 18.5 Å². The summed E-state index contributed by atoms with van der Waals surface area (Å²) < 4.78 is 16.0. The van der Waals surface area contributed by atoms with E-state index in [9.17, 15) is 9.18 Å². The zero-order chi connectivity index (χ0) is 21.7. The van der Waals surface area contributed by atoms with Crippen LogP contribution in [0.5, 0.6) is 0 Å². The van der Waals surface area contributed by atoms with Crippen LogP contribution in [0.1, 0.15) is 34.6 Å². The number of nitrogens with one attached hydrogen (secondary N) is 2. The molecule has 5 rings (SSSR count). The zero-order valence-electron chi connectivity index (χ0n) is 17.4. The summed E-state index contributed by atoms with van der Waals surface area (Å²) in [4.78, 5) is 18.9. The molecule has 2 atom stereocenters. The van der Waals surface area contributed by atoms with Gasteiger partial charge < -0.3 is 10.2 Å². The number of halogens is 1.